The Morgan fingerprint density at radius 1 is 1.15 bits per heavy atom. The molecule has 0 aliphatic heterocycles. The molecule has 1 spiro atoms. The molecular formula is C18H22ClN. The summed E-state index contributed by atoms with van der Waals surface area (Å²) in [6.07, 6.45) is 8.98. The number of benzene rings is 1. The molecule has 0 amide bonds. The van der Waals surface area contributed by atoms with Crippen LogP contribution in [0.4, 0.5) is 0 Å². The van der Waals surface area contributed by atoms with E-state index >= 15 is 0 Å². The monoisotopic (exact) mass is 287 g/mol. The zero-order valence-corrected chi connectivity index (χ0v) is 12.6. The first kappa shape index (κ1) is 12.1. The van der Waals surface area contributed by atoms with Crippen molar-refractivity contribution >= 4 is 11.6 Å². The Labute approximate surface area is 126 Å². The van der Waals surface area contributed by atoms with Crippen molar-refractivity contribution in [1.29, 1.82) is 0 Å². The van der Waals surface area contributed by atoms with Crippen LogP contribution in [0.2, 0.25) is 5.02 Å². The van der Waals surface area contributed by atoms with E-state index in [9.17, 15) is 0 Å². The smallest absolute Gasteiger partial charge is 0.0409 e. The molecule has 0 saturated heterocycles. The molecule has 1 N–H and O–H groups in total. The summed E-state index contributed by atoms with van der Waals surface area (Å²) >= 11 is 6.10. The Kier molecular flexibility index (Phi) is 2.30. The topological polar surface area (TPSA) is 12.0 Å². The average Bonchev–Trinajstić information content (AvgIpc) is 2.73. The summed E-state index contributed by atoms with van der Waals surface area (Å²) in [6, 6.07) is 8.32. The Morgan fingerprint density at radius 3 is 3.00 bits per heavy atom. The second-order valence-corrected chi connectivity index (χ2v) is 8.45. The molecule has 4 aliphatic rings. The Bertz CT molecular complexity index is 566. The third-order valence-electron chi connectivity index (χ3n) is 7.02. The van der Waals surface area contributed by atoms with Gasteiger partial charge in [0.15, 0.2) is 0 Å². The summed E-state index contributed by atoms with van der Waals surface area (Å²) in [7, 11) is 0. The summed E-state index contributed by atoms with van der Waals surface area (Å²) in [6.45, 7) is 0.987. The Morgan fingerprint density at radius 2 is 2.10 bits per heavy atom. The van der Waals surface area contributed by atoms with Crippen LogP contribution >= 0.6 is 11.6 Å². The maximum Gasteiger partial charge on any atom is 0.0409 e. The van der Waals surface area contributed by atoms with Gasteiger partial charge in [0, 0.05) is 17.1 Å². The van der Waals surface area contributed by atoms with Gasteiger partial charge in [0.2, 0.25) is 0 Å². The van der Waals surface area contributed by atoms with E-state index in [1.165, 1.54) is 37.7 Å². The van der Waals surface area contributed by atoms with Crippen LogP contribution in [0.25, 0.3) is 0 Å². The van der Waals surface area contributed by atoms with Crippen molar-refractivity contribution in [2.45, 2.75) is 50.6 Å². The van der Waals surface area contributed by atoms with Gasteiger partial charge >= 0.3 is 0 Å². The quantitative estimate of drug-likeness (QED) is 0.869. The highest BCUT2D eigenvalue weighted by Gasteiger charge is 2.70. The molecule has 1 aromatic rings. The lowest BCUT2D eigenvalue weighted by Gasteiger charge is -2.49. The third-order valence-corrected chi connectivity index (χ3v) is 7.26. The minimum Gasteiger partial charge on any atom is -0.307 e. The van der Waals surface area contributed by atoms with E-state index in [-0.39, 0.29) is 0 Å². The van der Waals surface area contributed by atoms with Crippen molar-refractivity contribution in [1.82, 2.24) is 5.32 Å². The highest BCUT2D eigenvalue weighted by Crippen LogP contribution is 2.76. The van der Waals surface area contributed by atoms with Gasteiger partial charge < -0.3 is 5.32 Å². The van der Waals surface area contributed by atoms with E-state index in [0.717, 1.165) is 34.7 Å². The lowest BCUT2D eigenvalue weighted by Crippen LogP contribution is -2.47. The molecule has 2 heteroatoms. The van der Waals surface area contributed by atoms with Crippen LogP contribution in [0, 0.1) is 23.2 Å². The van der Waals surface area contributed by atoms with Crippen LogP contribution in [-0.2, 0) is 6.54 Å². The second-order valence-electron chi connectivity index (χ2n) is 8.02. The summed E-state index contributed by atoms with van der Waals surface area (Å²) in [5.41, 5.74) is 2.57. The van der Waals surface area contributed by atoms with Crippen LogP contribution in [0.1, 0.15) is 44.1 Å². The molecule has 0 radical (unpaired) electrons. The van der Waals surface area contributed by atoms with Gasteiger partial charge in [-0.05, 0) is 79.4 Å². The fraction of sp³-hybridized carbons (Fsp3) is 0.667. The highest BCUT2D eigenvalue weighted by atomic mass is 35.5. The summed E-state index contributed by atoms with van der Waals surface area (Å²) < 4.78 is 0. The van der Waals surface area contributed by atoms with Gasteiger partial charge in [0.05, 0.1) is 0 Å². The van der Waals surface area contributed by atoms with E-state index < -0.39 is 0 Å². The number of halogens is 1. The van der Waals surface area contributed by atoms with Crippen molar-refractivity contribution in [3.8, 4) is 0 Å². The van der Waals surface area contributed by atoms with Crippen molar-refractivity contribution in [3.63, 3.8) is 0 Å². The van der Waals surface area contributed by atoms with E-state index in [1.807, 2.05) is 6.07 Å². The van der Waals surface area contributed by atoms with Gasteiger partial charge in [-0.15, -0.1) is 0 Å². The molecule has 4 aliphatic carbocycles. The van der Waals surface area contributed by atoms with Gasteiger partial charge in [-0.25, -0.2) is 0 Å². The number of hydrogen-bond acceptors (Lipinski definition) is 1. The van der Waals surface area contributed by atoms with Crippen LogP contribution < -0.4 is 5.32 Å². The molecule has 3 bridgehead atoms. The van der Waals surface area contributed by atoms with Gasteiger partial charge in [0.1, 0.15) is 0 Å². The van der Waals surface area contributed by atoms with Crippen LogP contribution in [0.3, 0.4) is 0 Å². The maximum absolute atomic E-state index is 6.10. The lowest BCUT2D eigenvalue weighted by atomic mass is 9.56. The molecule has 1 aromatic carbocycles. The van der Waals surface area contributed by atoms with Crippen molar-refractivity contribution in [3.05, 3.63) is 34.9 Å². The van der Waals surface area contributed by atoms with Gasteiger partial charge in [-0.1, -0.05) is 23.7 Å². The predicted molar refractivity (Wildman–Crippen MR) is 81.6 cm³/mol. The number of fused-ring (bicyclic) bond motifs is 2. The summed E-state index contributed by atoms with van der Waals surface area (Å²) in [5, 5.41) is 4.82. The number of hydrogen-bond donors (Lipinski definition) is 1. The van der Waals surface area contributed by atoms with Gasteiger partial charge in [0.25, 0.3) is 0 Å². The van der Waals surface area contributed by atoms with Crippen LogP contribution in [0.5, 0.6) is 0 Å². The largest absolute Gasteiger partial charge is 0.307 e. The zero-order valence-electron chi connectivity index (χ0n) is 11.9. The fourth-order valence-corrected chi connectivity index (χ4v) is 6.71. The van der Waals surface area contributed by atoms with Crippen molar-refractivity contribution in [2.24, 2.45) is 23.2 Å². The number of rotatable bonds is 3. The van der Waals surface area contributed by atoms with Gasteiger partial charge in [-0.3, -0.25) is 0 Å². The third kappa shape index (κ3) is 1.49. The number of nitrogens with one attached hydrogen (secondary N) is 1. The normalized spacial score (nSPS) is 47.4. The Balaban J connectivity index is 1.37. The van der Waals surface area contributed by atoms with E-state index in [2.05, 4.69) is 23.5 Å². The molecule has 5 atom stereocenters. The molecule has 0 aromatic heterocycles. The molecule has 5 rings (SSSR count). The zero-order chi connectivity index (χ0) is 13.4. The molecule has 4 saturated carbocycles. The molecule has 0 heterocycles. The minimum atomic E-state index is 0.459. The second kappa shape index (κ2) is 3.81. The standard InChI is InChI=1S/C18H22ClN/c19-16-3-1-2-12(5-16)10-20-17-7-13-4-14-6-15(9-17)18(14,8-13)11-17/h1-3,5,13-15,20H,4,6-11H2. The molecule has 106 valence electrons. The van der Waals surface area contributed by atoms with E-state index in [1.54, 1.807) is 6.42 Å². The summed E-state index contributed by atoms with van der Waals surface area (Å²) in [4.78, 5) is 0. The van der Waals surface area contributed by atoms with Crippen molar-refractivity contribution in [2.75, 3.05) is 0 Å². The molecular weight excluding hydrogens is 266 g/mol. The fourth-order valence-electron chi connectivity index (χ4n) is 6.50. The van der Waals surface area contributed by atoms with E-state index in [0.29, 0.717) is 5.54 Å². The SMILES string of the molecule is Clc1cccc(CNC23CC4CC5CC(C2)C5(C4)C3)c1. The van der Waals surface area contributed by atoms with Crippen molar-refractivity contribution < 1.29 is 0 Å². The van der Waals surface area contributed by atoms with Crippen LogP contribution in [0.15, 0.2) is 24.3 Å². The Hall–Kier alpha value is -0.530. The first-order valence-electron chi connectivity index (χ1n) is 8.17. The van der Waals surface area contributed by atoms with Gasteiger partial charge in [-0.2, -0.15) is 0 Å². The lowest BCUT2D eigenvalue weighted by molar-refractivity contribution is -0.000830. The minimum absolute atomic E-state index is 0.459. The molecule has 4 fully saturated rings. The highest BCUT2D eigenvalue weighted by molar-refractivity contribution is 6.30. The van der Waals surface area contributed by atoms with Crippen LogP contribution in [-0.4, -0.2) is 5.54 Å². The molecule has 5 unspecified atom stereocenters. The summed E-state index contributed by atoms with van der Waals surface area (Å²) in [5.74, 6) is 3.16. The predicted octanol–water partition coefficient (Wildman–Crippen LogP) is 4.40. The molecule has 1 nitrogen and oxygen atoms in total. The first-order valence-corrected chi connectivity index (χ1v) is 8.55. The first-order chi connectivity index (χ1) is 9.68. The van der Waals surface area contributed by atoms with E-state index in [4.69, 9.17) is 11.6 Å². The maximum atomic E-state index is 6.10. The molecule has 20 heavy (non-hydrogen) atoms. The average molecular weight is 288 g/mol.